The third-order valence-electron chi connectivity index (χ3n) is 2.32. The number of likely N-dealkylation sites (N-methyl/N-ethyl adjacent to an activating group) is 1. The lowest BCUT2D eigenvalue weighted by Crippen LogP contribution is -2.31. The van der Waals surface area contributed by atoms with Gasteiger partial charge in [-0.25, -0.2) is 0 Å². The Bertz CT molecular complexity index is 158. The van der Waals surface area contributed by atoms with Crippen molar-refractivity contribution < 1.29 is 9.53 Å². The van der Waals surface area contributed by atoms with E-state index in [-0.39, 0.29) is 12.1 Å². The van der Waals surface area contributed by atoms with Gasteiger partial charge in [0.05, 0.1) is 0 Å². The normalized spacial score (nSPS) is 32.3. The molecule has 0 radical (unpaired) electrons. The minimum Gasteiger partial charge on any atom is -0.461 e. The highest BCUT2D eigenvalue weighted by atomic mass is 16.5. The van der Waals surface area contributed by atoms with E-state index in [1.54, 1.807) is 0 Å². The number of ether oxygens (including phenoxy) is 1. The first kappa shape index (κ1) is 8.53. The van der Waals surface area contributed by atoms with Crippen LogP contribution >= 0.6 is 0 Å². The highest BCUT2D eigenvalue weighted by Crippen LogP contribution is 2.18. The van der Waals surface area contributed by atoms with Crippen LogP contribution in [0, 0.1) is 0 Å². The molecule has 1 rings (SSSR count). The van der Waals surface area contributed by atoms with E-state index in [0.717, 1.165) is 13.0 Å². The summed E-state index contributed by atoms with van der Waals surface area (Å²) in [7, 11) is 2.05. The largest absolute Gasteiger partial charge is 0.461 e. The van der Waals surface area contributed by atoms with E-state index in [4.69, 9.17) is 4.74 Å². The Balaban J connectivity index is 2.42. The molecule has 0 N–H and O–H groups in total. The Morgan fingerprint density at radius 2 is 2.27 bits per heavy atom. The molecule has 0 bridgehead atoms. The molecule has 1 aliphatic rings. The molecule has 64 valence electrons. The maximum atomic E-state index is 10.6. The third kappa shape index (κ3) is 1.93. The zero-order chi connectivity index (χ0) is 8.43. The maximum absolute atomic E-state index is 10.6. The Morgan fingerprint density at radius 1 is 1.64 bits per heavy atom. The van der Waals surface area contributed by atoms with Crippen LogP contribution in [0.1, 0.15) is 20.3 Å². The van der Waals surface area contributed by atoms with Crippen LogP contribution < -0.4 is 0 Å². The summed E-state index contributed by atoms with van der Waals surface area (Å²) < 4.78 is 5.11. The second-order valence-corrected chi connectivity index (χ2v) is 3.16. The van der Waals surface area contributed by atoms with E-state index in [9.17, 15) is 4.79 Å². The molecule has 0 saturated carbocycles. The fraction of sp³-hybridized carbons (Fsp3) is 0.875. The first-order valence-electron chi connectivity index (χ1n) is 3.98. The van der Waals surface area contributed by atoms with Gasteiger partial charge in [0.25, 0.3) is 0 Å². The molecule has 2 atom stereocenters. The molecule has 0 spiro atoms. The zero-order valence-corrected chi connectivity index (χ0v) is 7.33. The molecule has 0 aromatic rings. The van der Waals surface area contributed by atoms with Crippen molar-refractivity contribution in [3.63, 3.8) is 0 Å². The SMILES string of the molecule is CC(=O)OC1CCN(C)C1C. The van der Waals surface area contributed by atoms with Crippen LogP contribution in [0.25, 0.3) is 0 Å². The predicted octanol–water partition coefficient (Wildman–Crippen LogP) is 0.642. The lowest BCUT2D eigenvalue weighted by atomic mass is 10.2. The third-order valence-corrected chi connectivity index (χ3v) is 2.32. The second-order valence-electron chi connectivity index (χ2n) is 3.16. The molecule has 1 saturated heterocycles. The van der Waals surface area contributed by atoms with Gasteiger partial charge in [0.2, 0.25) is 0 Å². The molecule has 0 aromatic heterocycles. The summed E-state index contributed by atoms with van der Waals surface area (Å²) in [5.74, 6) is -0.169. The van der Waals surface area contributed by atoms with E-state index >= 15 is 0 Å². The van der Waals surface area contributed by atoms with E-state index in [1.165, 1.54) is 6.92 Å². The summed E-state index contributed by atoms with van der Waals surface area (Å²) >= 11 is 0. The van der Waals surface area contributed by atoms with Gasteiger partial charge in [0, 0.05) is 19.5 Å². The quantitative estimate of drug-likeness (QED) is 0.523. The van der Waals surface area contributed by atoms with Crippen molar-refractivity contribution in [3.8, 4) is 0 Å². The maximum Gasteiger partial charge on any atom is 0.302 e. The number of rotatable bonds is 1. The highest BCUT2D eigenvalue weighted by Gasteiger charge is 2.29. The summed E-state index contributed by atoms with van der Waals surface area (Å²) in [5.41, 5.74) is 0. The van der Waals surface area contributed by atoms with Crippen LogP contribution in [-0.2, 0) is 9.53 Å². The first-order valence-corrected chi connectivity index (χ1v) is 3.98. The number of hydrogen-bond donors (Lipinski definition) is 0. The Hall–Kier alpha value is -0.570. The fourth-order valence-corrected chi connectivity index (χ4v) is 1.43. The van der Waals surface area contributed by atoms with Crippen LogP contribution in [0.4, 0.5) is 0 Å². The van der Waals surface area contributed by atoms with Gasteiger partial charge in [0.1, 0.15) is 6.10 Å². The molecule has 3 nitrogen and oxygen atoms in total. The van der Waals surface area contributed by atoms with Gasteiger partial charge in [-0.2, -0.15) is 0 Å². The number of likely N-dealkylation sites (tertiary alicyclic amines) is 1. The summed E-state index contributed by atoms with van der Waals surface area (Å²) in [4.78, 5) is 12.8. The Kier molecular flexibility index (Phi) is 2.49. The second kappa shape index (κ2) is 3.22. The number of esters is 1. The standard InChI is InChI=1S/C8H15NO2/c1-6-8(11-7(2)10)4-5-9(6)3/h6,8H,4-5H2,1-3H3. The van der Waals surface area contributed by atoms with Crippen molar-refractivity contribution in [1.29, 1.82) is 0 Å². The molecule has 0 aromatic carbocycles. The Morgan fingerprint density at radius 3 is 2.64 bits per heavy atom. The molecular formula is C8H15NO2. The minimum atomic E-state index is -0.169. The van der Waals surface area contributed by atoms with Gasteiger partial charge in [-0.05, 0) is 20.4 Å². The van der Waals surface area contributed by atoms with Crippen LogP contribution in [0.15, 0.2) is 0 Å². The molecule has 11 heavy (non-hydrogen) atoms. The average molecular weight is 157 g/mol. The lowest BCUT2D eigenvalue weighted by molar-refractivity contribution is -0.147. The fourth-order valence-electron chi connectivity index (χ4n) is 1.43. The number of hydrogen-bond acceptors (Lipinski definition) is 3. The molecule has 0 amide bonds. The number of carbonyl (C=O) groups excluding carboxylic acids is 1. The zero-order valence-electron chi connectivity index (χ0n) is 7.33. The van der Waals surface area contributed by atoms with Gasteiger partial charge in [0.15, 0.2) is 0 Å². The van der Waals surface area contributed by atoms with Crippen LogP contribution in [-0.4, -0.2) is 36.6 Å². The lowest BCUT2D eigenvalue weighted by Gasteiger charge is -2.19. The minimum absolute atomic E-state index is 0.109. The van der Waals surface area contributed by atoms with Crippen LogP contribution in [0.5, 0.6) is 0 Å². The molecule has 1 aliphatic heterocycles. The smallest absolute Gasteiger partial charge is 0.302 e. The average Bonchev–Trinajstić information content (AvgIpc) is 2.18. The van der Waals surface area contributed by atoms with E-state index < -0.39 is 0 Å². The summed E-state index contributed by atoms with van der Waals surface area (Å²) in [5, 5.41) is 0. The van der Waals surface area contributed by atoms with Crippen molar-refractivity contribution >= 4 is 5.97 Å². The molecule has 3 heteroatoms. The van der Waals surface area contributed by atoms with Crippen molar-refractivity contribution in [2.75, 3.05) is 13.6 Å². The molecular weight excluding hydrogens is 142 g/mol. The highest BCUT2D eigenvalue weighted by molar-refractivity contribution is 5.66. The predicted molar refractivity (Wildman–Crippen MR) is 42.3 cm³/mol. The molecule has 1 fully saturated rings. The topological polar surface area (TPSA) is 29.5 Å². The van der Waals surface area contributed by atoms with Crippen molar-refractivity contribution in [2.45, 2.75) is 32.4 Å². The van der Waals surface area contributed by atoms with Crippen molar-refractivity contribution in [2.24, 2.45) is 0 Å². The number of carbonyl (C=O) groups is 1. The summed E-state index contributed by atoms with van der Waals surface area (Å²) in [6.45, 7) is 4.57. The number of nitrogens with zero attached hydrogens (tertiary/aromatic N) is 1. The van der Waals surface area contributed by atoms with Crippen LogP contribution in [0.2, 0.25) is 0 Å². The monoisotopic (exact) mass is 157 g/mol. The molecule has 0 aliphatic carbocycles. The Labute approximate surface area is 67.3 Å². The molecule has 2 unspecified atom stereocenters. The van der Waals surface area contributed by atoms with E-state index in [1.807, 2.05) is 7.05 Å². The van der Waals surface area contributed by atoms with Crippen LogP contribution in [0.3, 0.4) is 0 Å². The van der Waals surface area contributed by atoms with Gasteiger partial charge in [-0.15, -0.1) is 0 Å². The van der Waals surface area contributed by atoms with Crippen molar-refractivity contribution in [3.05, 3.63) is 0 Å². The van der Waals surface area contributed by atoms with Gasteiger partial charge < -0.3 is 4.74 Å². The van der Waals surface area contributed by atoms with Gasteiger partial charge in [-0.1, -0.05) is 0 Å². The summed E-state index contributed by atoms with van der Waals surface area (Å²) in [6.07, 6.45) is 1.08. The summed E-state index contributed by atoms with van der Waals surface area (Å²) in [6, 6.07) is 0.374. The molecule has 1 heterocycles. The van der Waals surface area contributed by atoms with Crippen molar-refractivity contribution in [1.82, 2.24) is 4.90 Å². The first-order chi connectivity index (χ1) is 5.11. The van der Waals surface area contributed by atoms with E-state index in [0.29, 0.717) is 6.04 Å². The van der Waals surface area contributed by atoms with Gasteiger partial charge in [-0.3, -0.25) is 9.69 Å². The van der Waals surface area contributed by atoms with E-state index in [2.05, 4.69) is 11.8 Å². The van der Waals surface area contributed by atoms with Gasteiger partial charge >= 0.3 is 5.97 Å².